The molecule has 0 radical (unpaired) electrons. The van der Waals surface area contributed by atoms with Crippen LogP contribution in [0.15, 0.2) is 352 Å². The Hall–Kier alpha value is -12.9. The largest absolute Gasteiger partial charge is 0.309 e. The molecule has 16 aromatic carbocycles. The summed E-state index contributed by atoms with van der Waals surface area (Å²) in [6, 6.07) is 131. The van der Waals surface area contributed by atoms with Gasteiger partial charge in [-0.3, -0.25) is 0 Å². The van der Waals surface area contributed by atoms with Crippen molar-refractivity contribution < 1.29 is 0 Å². The first-order valence-corrected chi connectivity index (χ1v) is 34.3. The maximum atomic E-state index is 2.49. The van der Waals surface area contributed by atoms with E-state index in [2.05, 4.69) is 385 Å². The molecule has 18 aromatic rings. The standard InChI is InChI=1S/C97H62N2/c1-3-15-73-57-79(51-45-67(73)13-1)98-93-23-11-7-19-85(93)87-59-75(49-55-95(87)98)69-37-29-63(30-38-69)25-27-65-33-41-71(42-34-65)77-47-53-83-84-54-48-78(62-92(84)97(91(83)61-77)89-21-9-5-17-81(89)82-18-6-10-22-90(82)97)72-43-35-66(36-44-72)28-26-64-31-39-70(40-32-64)76-50-56-96-88(60-76)86-20-8-12-24-94(86)99(96)80-52-46-68-14-2-4-16-74(68)58-80/h1-62H. The van der Waals surface area contributed by atoms with Gasteiger partial charge in [-0.15, -0.1) is 0 Å². The Bertz CT molecular complexity index is 5980. The van der Waals surface area contributed by atoms with Gasteiger partial charge in [-0.2, -0.15) is 0 Å². The monoisotopic (exact) mass is 1250 g/mol. The van der Waals surface area contributed by atoms with Crippen LogP contribution < -0.4 is 0 Å². The third-order valence-corrected chi connectivity index (χ3v) is 21.3. The van der Waals surface area contributed by atoms with Crippen molar-refractivity contribution in [3.05, 3.63) is 396 Å². The number of aromatic nitrogens is 2. The molecule has 0 aliphatic heterocycles. The zero-order valence-electron chi connectivity index (χ0n) is 54.2. The molecule has 2 aliphatic rings. The lowest BCUT2D eigenvalue weighted by Crippen LogP contribution is -2.26. The number of hydrogen-bond acceptors (Lipinski definition) is 0. The average molecular weight is 1260 g/mol. The first kappa shape index (κ1) is 56.5. The molecule has 0 saturated heterocycles. The first-order chi connectivity index (χ1) is 49.0. The van der Waals surface area contributed by atoms with E-state index in [9.17, 15) is 0 Å². The predicted molar refractivity (Wildman–Crippen MR) is 419 cm³/mol. The summed E-state index contributed by atoms with van der Waals surface area (Å²) >= 11 is 0. The molecule has 0 saturated carbocycles. The van der Waals surface area contributed by atoms with E-state index in [1.54, 1.807) is 0 Å². The normalized spacial score (nSPS) is 12.8. The maximum Gasteiger partial charge on any atom is 0.0725 e. The van der Waals surface area contributed by atoms with E-state index in [-0.39, 0.29) is 0 Å². The summed E-state index contributed by atoms with van der Waals surface area (Å²) in [4.78, 5) is 0. The molecular formula is C97H62N2. The van der Waals surface area contributed by atoms with Gasteiger partial charge in [-0.1, -0.05) is 303 Å². The molecule has 2 aromatic heterocycles. The Labute approximate surface area is 574 Å². The zero-order chi connectivity index (χ0) is 65.1. The molecule has 0 unspecified atom stereocenters. The lowest BCUT2D eigenvalue weighted by Gasteiger charge is -2.31. The smallest absolute Gasteiger partial charge is 0.0725 e. The molecule has 0 N–H and O–H groups in total. The maximum absolute atomic E-state index is 2.49. The predicted octanol–water partition coefficient (Wildman–Crippen LogP) is 25.5. The van der Waals surface area contributed by atoms with Crippen molar-refractivity contribution in [2.24, 2.45) is 0 Å². The molecule has 0 bridgehead atoms. The minimum Gasteiger partial charge on any atom is -0.309 e. The van der Waals surface area contributed by atoms with Gasteiger partial charge in [-0.25, -0.2) is 0 Å². The van der Waals surface area contributed by atoms with Crippen LogP contribution in [0.4, 0.5) is 0 Å². The lowest BCUT2D eigenvalue weighted by atomic mass is 9.70. The summed E-state index contributed by atoms with van der Waals surface area (Å²) in [5, 5.41) is 9.99. The van der Waals surface area contributed by atoms with E-state index in [1.165, 1.54) is 166 Å². The van der Waals surface area contributed by atoms with Gasteiger partial charge in [0.25, 0.3) is 0 Å². The van der Waals surface area contributed by atoms with E-state index in [4.69, 9.17) is 0 Å². The number of nitrogens with zero attached hydrogens (tertiary/aromatic N) is 2. The van der Waals surface area contributed by atoms with Crippen LogP contribution in [0.2, 0.25) is 0 Å². The molecule has 0 amide bonds. The summed E-state index contributed by atoms with van der Waals surface area (Å²) in [5.41, 5.74) is 31.5. The van der Waals surface area contributed by atoms with E-state index in [1.807, 2.05) is 0 Å². The highest BCUT2D eigenvalue weighted by atomic mass is 15.0. The quantitative estimate of drug-likeness (QED) is 0.121. The second-order valence-corrected chi connectivity index (χ2v) is 26.7. The Morgan fingerprint density at radius 3 is 0.899 bits per heavy atom. The van der Waals surface area contributed by atoms with Gasteiger partial charge in [0, 0.05) is 32.9 Å². The van der Waals surface area contributed by atoms with Gasteiger partial charge < -0.3 is 9.13 Å². The summed E-state index contributed by atoms with van der Waals surface area (Å²) in [6.07, 6.45) is 8.90. The Morgan fingerprint density at radius 1 is 0.192 bits per heavy atom. The molecule has 0 fully saturated rings. The van der Waals surface area contributed by atoms with Gasteiger partial charge in [0.15, 0.2) is 0 Å². The number of benzene rings is 16. The van der Waals surface area contributed by atoms with Gasteiger partial charge >= 0.3 is 0 Å². The number of rotatable bonds is 10. The molecule has 1 spiro atoms. The van der Waals surface area contributed by atoms with Gasteiger partial charge in [0.2, 0.25) is 0 Å². The molecule has 20 rings (SSSR count). The topological polar surface area (TPSA) is 9.86 Å². The second-order valence-electron chi connectivity index (χ2n) is 26.7. The third kappa shape index (κ3) is 9.18. The van der Waals surface area contributed by atoms with Crippen LogP contribution in [0, 0.1) is 0 Å². The van der Waals surface area contributed by atoms with Crippen LogP contribution in [-0.4, -0.2) is 9.13 Å². The fourth-order valence-corrected chi connectivity index (χ4v) is 16.5. The molecule has 99 heavy (non-hydrogen) atoms. The molecule has 2 heteroatoms. The minimum atomic E-state index is -0.489. The highest BCUT2D eigenvalue weighted by molar-refractivity contribution is 6.12. The van der Waals surface area contributed by atoms with Gasteiger partial charge in [0.05, 0.1) is 27.5 Å². The van der Waals surface area contributed by atoms with Crippen molar-refractivity contribution in [1.29, 1.82) is 0 Å². The van der Waals surface area contributed by atoms with Crippen molar-refractivity contribution in [1.82, 2.24) is 9.13 Å². The van der Waals surface area contributed by atoms with E-state index in [0.717, 1.165) is 22.3 Å². The number of fused-ring (bicyclic) bond motifs is 18. The molecule has 460 valence electrons. The van der Waals surface area contributed by atoms with Crippen molar-refractivity contribution in [2.45, 2.75) is 5.41 Å². The van der Waals surface area contributed by atoms with Crippen molar-refractivity contribution in [2.75, 3.05) is 0 Å². The third-order valence-electron chi connectivity index (χ3n) is 21.3. The SMILES string of the molecule is C(=Cc1ccc(-c2ccc3c(c2)c2ccccc2n3-c2ccc3ccccc3c2)cc1)c1ccc(-c2ccc3c(c2)C2(c4ccccc4-c4ccccc42)c2cc(-c4ccc(C=Cc5ccc(-c6ccc7c(c6)c6ccccc6n7-c6ccc7ccccc7c6)cc5)cc4)ccc2-3)cc1. The van der Waals surface area contributed by atoms with Crippen molar-refractivity contribution >= 4 is 89.5 Å². The molecule has 2 aliphatic carbocycles. The lowest BCUT2D eigenvalue weighted by molar-refractivity contribution is 0.794. The van der Waals surface area contributed by atoms with Gasteiger partial charge in [-0.05, 0) is 206 Å². The van der Waals surface area contributed by atoms with Crippen molar-refractivity contribution in [3.8, 4) is 78.1 Å². The van der Waals surface area contributed by atoms with Crippen LogP contribution in [0.1, 0.15) is 44.5 Å². The van der Waals surface area contributed by atoms with E-state index < -0.39 is 5.41 Å². The molecule has 2 nitrogen and oxygen atoms in total. The van der Waals surface area contributed by atoms with Crippen LogP contribution in [0.5, 0.6) is 0 Å². The van der Waals surface area contributed by atoms with Crippen LogP contribution >= 0.6 is 0 Å². The Balaban J connectivity index is 0.557. The number of hydrogen-bond donors (Lipinski definition) is 0. The fourth-order valence-electron chi connectivity index (χ4n) is 16.5. The average Bonchev–Trinajstić information content (AvgIpc) is 1.51. The summed E-state index contributed by atoms with van der Waals surface area (Å²) in [5.74, 6) is 0. The Kier molecular flexibility index (Phi) is 12.9. The molecule has 2 heterocycles. The first-order valence-electron chi connectivity index (χ1n) is 34.3. The Morgan fingerprint density at radius 2 is 0.495 bits per heavy atom. The molecular weight excluding hydrogens is 1190 g/mol. The molecule has 0 atom stereocenters. The van der Waals surface area contributed by atoms with Crippen LogP contribution in [0.3, 0.4) is 0 Å². The summed E-state index contributed by atoms with van der Waals surface area (Å²) in [6.45, 7) is 0. The van der Waals surface area contributed by atoms with Crippen LogP contribution in [-0.2, 0) is 5.41 Å². The summed E-state index contributed by atoms with van der Waals surface area (Å²) in [7, 11) is 0. The zero-order valence-corrected chi connectivity index (χ0v) is 54.2. The highest BCUT2D eigenvalue weighted by Crippen LogP contribution is 2.63. The van der Waals surface area contributed by atoms with Gasteiger partial charge in [0.1, 0.15) is 0 Å². The summed E-state index contributed by atoms with van der Waals surface area (Å²) < 4.78 is 4.81. The van der Waals surface area contributed by atoms with Crippen LogP contribution in [0.25, 0.3) is 168 Å². The number of para-hydroxylation sites is 2. The van der Waals surface area contributed by atoms with E-state index in [0.29, 0.717) is 0 Å². The fraction of sp³-hybridized carbons (Fsp3) is 0.0103. The second kappa shape index (κ2) is 22.6. The van der Waals surface area contributed by atoms with E-state index >= 15 is 0 Å². The van der Waals surface area contributed by atoms with Crippen molar-refractivity contribution in [3.63, 3.8) is 0 Å². The minimum absolute atomic E-state index is 0.489. The highest BCUT2D eigenvalue weighted by Gasteiger charge is 2.52.